The largest absolute Gasteiger partial charge is 0.447 e. The topological polar surface area (TPSA) is 124 Å². The third-order valence-electron chi connectivity index (χ3n) is 7.16. The van der Waals surface area contributed by atoms with Crippen LogP contribution in [0.5, 0.6) is 0 Å². The Morgan fingerprint density at radius 3 is 2.64 bits per heavy atom. The number of piperidine rings is 1. The first-order valence-electron chi connectivity index (χ1n) is 13.1. The Bertz CT molecular complexity index is 1680. The molecule has 3 N–H and O–H groups in total. The molecule has 0 radical (unpaired) electrons. The average molecular weight is 622 g/mol. The summed E-state index contributed by atoms with van der Waals surface area (Å²) in [7, 11) is 0. The molecule has 2 fully saturated rings. The Hall–Kier alpha value is -3.68. The fourth-order valence-electron chi connectivity index (χ4n) is 4.90. The number of thiazole rings is 1. The van der Waals surface area contributed by atoms with E-state index in [4.69, 9.17) is 22.1 Å². The van der Waals surface area contributed by atoms with Crippen LogP contribution in [0.25, 0.3) is 21.5 Å². The number of amides is 1. The van der Waals surface area contributed by atoms with E-state index in [9.17, 15) is 27.9 Å². The number of aliphatic hydroxyl groups excluding tert-OH is 1. The Balaban J connectivity index is 0.000000295. The number of halogens is 4. The maximum absolute atomic E-state index is 13.1. The third kappa shape index (κ3) is 6.22. The first-order chi connectivity index (χ1) is 19.9. The lowest BCUT2D eigenvalue weighted by Crippen LogP contribution is -2.37. The molecular formula is C28H27ClF3N5O4S. The number of hydrogen-bond donors (Lipinski definition) is 2. The molecule has 6 rings (SSSR count). The van der Waals surface area contributed by atoms with Gasteiger partial charge in [-0.15, -0.1) is 11.3 Å². The zero-order valence-electron chi connectivity index (χ0n) is 22.4. The highest BCUT2D eigenvalue weighted by Crippen LogP contribution is 2.39. The van der Waals surface area contributed by atoms with Gasteiger partial charge in [-0.2, -0.15) is 13.2 Å². The predicted molar refractivity (Wildman–Crippen MR) is 154 cm³/mol. The fourth-order valence-corrected chi connectivity index (χ4v) is 6.00. The minimum absolute atomic E-state index is 0.107. The molecular weight excluding hydrogens is 595 g/mol. The molecule has 4 heterocycles. The number of fused-ring (bicyclic) bond motifs is 2. The molecule has 222 valence electrons. The molecule has 2 aliphatic heterocycles. The van der Waals surface area contributed by atoms with E-state index in [1.54, 1.807) is 19.1 Å². The van der Waals surface area contributed by atoms with E-state index in [1.165, 1.54) is 23.1 Å². The number of aliphatic hydroxyl groups is 1. The quantitative estimate of drug-likeness (QED) is 0.280. The summed E-state index contributed by atoms with van der Waals surface area (Å²) >= 11 is 6.59. The van der Waals surface area contributed by atoms with Gasteiger partial charge < -0.3 is 20.5 Å². The number of nitrogens with two attached hydrogens (primary N) is 1. The number of rotatable bonds is 4. The lowest BCUT2D eigenvalue weighted by molar-refractivity contribution is -0.205. The van der Waals surface area contributed by atoms with E-state index in [0.29, 0.717) is 45.9 Å². The first-order valence-corrected chi connectivity index (χ1v) is 14.3. The molecule has 14 heteroatoms. The SMILES string of the molecule is Cc1nc2cc(-c3ncc(C(O)C(F)(F)F)s3)c(N)cc2c(=O)n1Cc1ccc(Cl)cc1.O=C1OCC2CCCCN12. The molecule has 2 aliphatic rings. The van der Waals surface area contributed by atoms with Gasteiger partial charge in [0.05, 0.1) is 28.4 Å². The van der Waals surface area contributed by atoms with Crippen LogP contribution in [0.2, 0.25) is 5.02 Å². The number of benzene rings is 2. The number of alkyl halides is 3. The smallest absolute Gasteiger partial charge is 0.419 e. The van der Waals surface area contributed by atoms with Crippen LogP contribution in [0.15, 0.2) is 47.4 Å². The summed E-state index contributed by atoms with van der Waals surface area (Å²) in [6.45, 7) is 3.51. The van der Waals surface area contributed by atoms with Crippen LogP contribution in [-0.4, -0.2) is 56.0 Å². The maximum Gasteiger partial charge on any atom is 0.419 e. The number of hydrogen-bond acceptors (Lipinski definition) is 8. The van der Waals surface area contributed by atoms with Crippen molar-refractivity contribution in [1.82, 2.24) is 19.4 Å². The zero-order valence-corrected chi connectivity index (χ0v) is 24.0. The number of cyclic esters (lactones) is 1. The summed E-state index contributed by atoms with van der Waals surface area (Å²) in [6.07, 6.45) is -3.05. The van der Waals surface area contributed by atoms with E-state index in [2.05, 4.69) is 9.97 Å². The fraction of sp³-hybridized carbons (Fsp3) is 0.357. The number of aryl methyl sites for hydroxylation is 1. The summed E-state index contributed by atoms with van der Waals surface area (Å²) in [5, 5.41) is 10.5. The minimum Gasteiger partial charge on any atom is -0.447 e. The standard InChI is InChI=1S/C21H16ClF3N4O2S.C7H11NO2/c1-10-28-16-7-13(19-27-8-17(32-19)18(30)21(23,24)25)15(26)6-14(16)20(31)29(10)9-11-2-4-12(22)5-3-11;9-7-8-4-2-1-3-6(8)5-10-7/h2-8,18,30H,9,26H2,1H3;6H,1-5H2. The van der Waals surface area contributed by atoms with Crippen molar-refractivity contribution in [3.63, 3.8) is 0 Å². The van der Waals surface area contributed by atoms with Crippen molar-refractivity contribution >= 4 is 45.6 Å². The van der Waals surface area contributed by atoms with E-state index in [0.717, 1.165) is 31.1 Å². The van der Waals surface area contributed by atoms with Crippen LogP contribution >= 0.6 is 22.9 Å². The molecule has 4 aromatic rings. The monoisotopic (exact) mass is 621 g/mol. The molecule has 42 heavy (non-hydrogen) atoms. The van der Waals surface area contributed by atoms with Crippen LogP contribution in [0.1, 0.15) is 41.6 Å². The van der Waals surface area contributed by atoms with Crippen molar-refractivity contribution in [2.45, 2.75) is 51.1 Å². The van der Waals surface area contributed by atoms with Crippen molar-refractivity contribution in [3.8, 4) is 10.6 Å². The Labute approximate surface area is 247 Å². The summed E-state index contributed by atoms with van der Waals surface area (Å²) < 4.78 is 44.8. The van der Waals surface area contributed by atoms with Gasteiger partial charge in [-0.05, 0) is 56.0 Å². The van der Waals surface area contributed by atoms with E-state index in [1.807, 2.05) is 17.0 Å². The molecule has 0 aliphatic carbocycles. The number of anilines is 1. The van der Waals surface area contributed by atoms with Crippen LogP contribution in [0, 0.1) is 6.92 Å². The molecule has 9 nitrogen and oxygen atoms in total. The molecule has 2 aromatic heterocycles. The van der Waals surface area contributed by atoms with Gasteiger partial charge in [0, 0.05) is 29.0 Å². The van der Waals surface area contributed by atoms with Crippen LogP contribution in [-0.2, 0) is 11.3 Å². The minimum atomic E-state index is -4.80. The van der Waals surface area contributed by atoms with Crippen molar-refractivity contribution in [3.05, 3.63) is 74.2 Å². The number of carbonyl (C=O) groups is 1. The Morgan fingerprint density at radius 2 is 1.95 bits per heavy atom. The average Bonchev–Trinajstić information content (AvgIpc) is 3.59. The van der Waals surface area contributed by atoms with Gasteiger partial charge in [0.1, 0.15) is 17.4 Å². The zero-order chi connectivity index (χ0) is 30.2. The van der Waals surface area contributed by atoms with E-state index in [-0.39, 0.29) is 39.2 Å². The van der Waals surface area contributed by atoms with Crippen LogP contribution in [0.4, 0.5) is 23.7 Å². The normalized spacial score (nSPS) is 17.4. The van der Waals surface area contributed by atoms with Gasteiger partial charge in [-0.1, -0.05) is 23.7 Å². The number of nitrogen functional groups attached to an aromatic ring is 1. The summed E-state index contributed by atoms with van der Waals surface area (Å²) in [5.74, 6) is 0.459. The molecule has 1 amide bonds. The highest BCUT2D eigenvalue weighted by atomic mass is 35.5. The molecule has 2 saturated heterocycles. The van der Waals surface area contributed by atoms with Gasteiger partial charge in [0.25, 0.3) is 5.56 Å². The molecule has 2 atom stereocenters. The number of ether oxygens (including phenoxy) is 1. The molecule has 0 bridgehead atoms. The van der Waals surface area contributed by atoms with Crippen molar-refractivity contribution in [1.29, 1.82) is 0 Å². The van der Waals surface area contributed by atoms with Crippen LogP contribution < -0.4 is 11.3 Å². The molecule has 0 spiro atoms. The van der Waals surface area contributed by atoms with Crippen molar-refractivity contribution < 1.29 is 27.8 Å². The van der Waals surface area contributed by atoms with E-state index < -0.39 is 12.3 Å². The number of nitrogens with zero attached hydrogens (tertiary/aromatic N) is 4. The molecule has 2 unspecified atom stereocenters. The predicted octanol–water partition coefficient (Wildman–Crippen LogP) is 5.70. The van der Waals surface area contributed by atoms with Crippen molar-refractivity contribution in [2.24, 2.45) is 0 Å². The van der Waals surface area contributed by atoms with E-state index >= 15 is 0 Å². The summed E-state index contributed by atoms with van der Waals surface area (Å²) in [5.41, 5.74) is 7.52. The second-order valence-electron chi connectivity index (χ2n) is 10.1. The maximum atomic E-state index is 13.1. The van der Waals surface area contributed by atoms with Gasteiger partial charge in [-0.3, -0.25) is 9.36 Å². The lowest BCUT2D eigenvalue weighted by Gasteiger charge is -2.25. The second kappa shape index (κ2) is 11.9. The second-order valence-corrected chi connectivity index (χ2v) is 11.6. The molecule has 0 saturated carbocycles. The summed E-state index contributed by atoms with van der Waals surface area (Å²) in [6, 6.07) is 10.5. The number of aromatic nitrogens is 3. The van der Waals surface area contributed by atoms with Crippen LogP contribution in [0.3, 0.4) is 0 Å². The van der Waals surface area contributed by atoms with Gasteiger partial charge in [0.2, 0.25) is 0 Å². The highest BCUT2D eigenvalue weighted by Gasteiger charge is 2.40. The third-order valence-corrected chi connectivity index (χ3v) is 8.50. The van der Waals surface area contributed by atoms with Crippen molar-refractivity contribution in [2.75, 3.05) is 18.9 Å². The number of carbonyl (C=O) groups excluding carboxylic acids is 1. The Kier molecular flexibility index (Phi) is 8.44. The highest BCUT2D eigenvalue weighted by molar-refractivity contribution is 7.15. The summed E-state index contributed by atoms with van der Waals surface area (Å²) in [4.78, 5) is 34.0. The van der Waals surface area contributed by atoms with Gasteiger partial charge in [-0.25, -0.2) is 14.8 Å². The van der Waals surface area contributed by atoms with Gasteiger partial charge in [0.15, 0.2) is 6.10 Å². The first kappa shape index (κ1) is 29.8. The Morgan fingerprint density at radius 1 is 1.21 bits per heavy atom. The molecule has 2 aromatic carbocycles. The lowest BCUT2D eigenvalue weighted by atomic mass is 10.0. The van der Waals surface area contributed by atoms with Gasteiger partial charge >= 0.3 is 12.3 Å².